The third-order valence-electron chi connectivity index (χ3n) is 2.60. The van der Waals surface area contributed by atoms with E-state index in [-0.39, 0.29) is 11.7 Å². The van der Waals surface area contributed by atoms with Crippen molar-refractivity contribution >= 4 is 17.6 Å². The topological polar surface area (TPSA) is 113 Å². The number of hydrogen-bond donors (Lipinski definition) is 2. The van der Waals surface area contributed by atoms with Crippen LogP contribution in [0, 0.1) is 0 Å². The Bertz CT molecular complexity index is 442. The van der Waals surface area contributed by atoms with Crippen molar-refractivity contribution in [3.05, 3.63) is 11.9 Å². The highest BCUT2D eigenvalue weighted by Crippen LogP contribution is 2.10. The van der Waals surface area contributed by atoms with Crippen LogP contribution in [0.2, 0.25) is 0 Å². The first-order valence-corrected chi connectivity index (χ1v) is 6.33. The minimum atomic E-state index is -0.626. The predicted octanol–water partition coefficient (Wildman–Crippen LogP) is 0.688. The molecule has 1 amide bonds. The second-order valence-electron chi connectivity index (χ2n) is 4.18. The van der Waals surface area contributed by atoms with Crippen LogP contribution in [-0.4, -0.2) is 28.3 Å². The number of unbranched alkanes of at least 4 members (excludes halogenated alkanes) is 2. The van der Waals surface area contributed by atoms with Gasteiger partial charge in [-0.15, -0.1) is 0 Å². The molecule has 0 bridgehead atoms. The number of nitrogen functional groups attached to an aromatic ring is 1. The molecule has 0 fully saturated rings. The first-order chi connectivity index (χ1) is 9.04. The van der Waals surface area contributed by atoms with Crippen molar-refractivity contribution in [2.24, 2.45) is 5.73 Å². The summed E-state index contributed by atoms with van der Waals surface area (Å²) in [5.74, 6) is -0.791. The number of carbonyl (C=O) groups is 2. The Hall–Kier alpha value is -2.05. The molecule has 0 saturated heterocycles. The lowest BCUT2D eigenvalue weighted by Crippen LogP contribution is -2.14. The molecule has 0 atom stereocenters. The van der Waals surface area contributed by atoms with Crippen molar-refractivity contribution < 1.29 is 14.3 Å². The van der Waals surface area contributed by atoms with Crippen molar-refractivity contribution in [2.75, 3.05) is 12.3 Å². The molecule has 4 N–H and O–H groups in total. The molecule has 0 aliphatic rings. The molecule has 1 rings (SSSR count). The van der Waals surface area contributed by atoms with Gasteiger partial charge in [0.2, 0.25) is 0 Å². The standard InChI is InChI=1S/C12H20N4O3/c1-2-19-10(17)6-4-3-5-7-16-8-9(13)11(15-16)12(14)18/h8H,2-7,13H2,1H3,(H2,14,18). The molecule has 0 aliphatic heterocycles. The van der Waals surface area contributed by atoms with Crippen molar-refractivity contribution in [1.29, 1.82) is 0 Å². The summed E-state index contributed by atoms with van der Waals surface area (Å²) in [6.07, 6.45) is 4.52. The van der Waals surface area contributed by atoms with Crippen molar-refractivity contribution in [2.45, 2.75) is 39.2 Å². The van der Waals surface area contributed by atoms with E-state index in [1.165, 1.54) is 0 Å². The molecule has 0 radical (unpaired) electrons. The predicted molar refractivity (Wildman–Crippen MR) is 70.3 cm³/mol. The van der Waals surface area contributed by atoms with Gasteiger partial charge in [0.05, 0.1) is 12.3 Å². The van der Waals surface area contributed by atoms with Gasteiger partial charge in [-0.25, -0.2) is 0 Å². The number of carbonyl (C=O) groups excluding carboxylic acids is 2. The van der Waals surface area contributed by atoms with Crippen LogP contribution in [0.25, 0.3) is 0 Å². The van der Waals surface area contributed by atoms with Gasteiger partial charge in [0.25, 0.3) is 5.91 Å². The molecule has 0 saturated carbocycles. The lowest BCUT2D eigenvalue weighted by Gasteiger charge is -2.02. The summed E-state index contributed by atoms with van der Waals surface area (Å²) in [6, 6.07) is 0. The molecular formula is C12H20N4O3. The largest absolute Gasteiger partial charge is 0.466 e. The Balaban J connectivity index is 2.24. The molecule has 0 aliphatic carbocycles. The number of aromatic nitrogens is 2. The molecule has 0 aromatic carbocycles. The zero-order valence-electron chi connectivity index (χ0n) is 11.1. The third-order valence-corrected chi connectivity index (χ3v) is 2.60. The summed E-state index contributed by atoms with van der Waals surface area (Å²) in [5.41, 5.74) is 11.1. The van der Waals surface area contributed by atoms with Crippen LogP contribution in [0.1, 0.15) is 43.1 Å². The maximum atomic E-state index is 11.1. The lowest BCUT2D eigenvalue weighted by atomic mass is 10.2. The molecular weight excluding hydrogens is 248 g/mol. The Kier molecular flexibility index (Phi) is 5.84. The number of ether oxygens (including phenoxy) is 1. The Morgan fingerprint density at radius 3 is 2.68 bits per heavy atom. The zero-order valence-corrected chi connectivity index (χ0v) is 11.1. The number of anilines is 1. The Morgan fingerprint density at radius 1 is 1.37 bits per heavy atom. The normalized spacial score (nSPS) is 10.4. The highest BCUT2D eigenvalue weighted by molar-refractivity contribution is 5.95. The Morgan fingerprint density at radius 2 is 2.11 bits per heavy atom. The van der Waals surface area contributed by atoms with Crippen LogP contribution < -0.4 is 11.5 Å². The summed E-state index contributed by atoms with van der Waals surface area (Å²) in [4.78, 5) is 22.1. The number of nitrogens with two attached hydrogens (primary N) is 2. The van der Waals surface area contributed by atoms with Crippen LogP contribution in [-0.2, 0) is 16.1 Å². The van der Waals surface area contributed by atoms with E-state index in [1.54, 1.807) is 17.8 Å². The SMILES string of the molecule is CCOC(=O)CCCCCn1cc(N)c(C(N)=O)n1. The molecule has 7 nitrogen and oxygen atoms in total. The highest BCUT2D eigenvalue weighted by Gasteiger charge is 2.10. The van der Waals surface area contributed by atoms with Crippen molar-refractivity contribution in [3.63, 3.8) is 0 Å². The molecule has 1 aromatic rings. The van der Waals surface area contributed by atoms with E-state index >= 15 is 0 Å². The van der Waals surface area contributed by atoms with Gasteiger partial charge in [0.1, 0.15) is 0 Å². The summed E-state index contributed by atoms with van der Waals surface area (Å²) < 4.78 is 6.42. The monoisotopic (exact) mass is 268 g/mol. The first kappa shape index (κ1) is 15.0. The van der Waals surface area contributed by atoms with E-state index in [1.807, 2.05) is 0 Å². The van der Waals surface area contributed by atoms with Gasteiger partial charge in [-0.2, -0.15) is 5.10 Å². The number of nitrogens with zero attached hydrogens (tertiary/aromatic N) is 2. The fourth-order valence-electron chi connectivity index (χ4n) is 1.70. The van der Waals surface area contributed by atoms with Crippen molar-refractivity contribution in [3.8, 4) is 0 Å². The van der Waals surface area contributed by atoms with E-state index in [0.29, 0.717) is 25.3 Å². The van der Waals surface area contributed by atoms with E-state index in [0.717, 1.165) is 19.3 Å². The molecule has 106 valence electrons. The van der Waals surface area contributed by atoms with Gasteiger partial charge >= 0.3 is 5.97 Å². The third kappa shape index (κ3) is 4.99. The van der Waals surface area contributed by atoms with E-state index in [9.17, 15) is 9.59 Å². The zero-order chi connectivity index (χ0) is 14.3. The van der Waals surface area contributed by atoms with Crippen LogP contribution in [0.4, 0.5) is 5.69 Å². The van der Waals surface area contributed by atoms with Crippen LogP contribution >= 0.6 is 0 Å². The minimum Gasteiger partial charge on any atom is -0.466 e. The fourth-order valence-corrected chi connectivity index (χ4v) is 1.70. The van der Waals surface area contributed by atoms with E-state index < -0.39 is 5.91 Å². The summed E-state index contributed by atoms with van der Waals surface area (Å²) in [7, 11) is 0. The molecule has 19 heavy (non-hydrogen) atoms. The van der Waals surface area contributed by atoms with Crippen molar-refractivity contribution in [1.82, 2.24) is 9.78 Å². The van der Waals surface area contributed by atoms with Gasteiger partial charge in [-0.3, -0.25) is 14.3 Å². The van der Waals surface area contributed by atoms with Crippen LogP contribution in [0.5, 0.6) is 0 Å². The molecule has 0 unspecified atom stereocenters. The molecule has 7 heteroatoms. The van der Waals surface area contributed by atoms with E-state index in [2.05, 4.69) is 5.10 Å². The maximum Gasteiger partial charge on any atom is 0.305 e. The first-order valence-electron chi connectivity index (χ1n) is 6.33. The number of hydrogen-bond acceptors (Lipinski definition) is 5. The van der Waals surface area contributed by atoms with Crippen LogP contribution in [0.3, 0.4) is 0 Å². The quantitative estimate of drug-likeness (QED) is 0.532. The number of aryl methyl sites for hydroxylation is 1. The van der Waals surface area contributed by atoms with Gasteiger partial charge in [0.15, 0.2) is 5.69 Å². The number of primary amides is 1. The average Bonchev–Trinajstić information content (AvgIpc) is 2.70. The average molecular weight is 268 g/mol. The van der Waals surface area contributed by atoms with Gasteiger partial charge in [-0.05, 0) is 19.8 Å². The minimum absolute atomic E-state index is 0.103. The number of amides is 1. The van der Waals surface area contributed by atoms with Gasteiger partial charge in [0, 0.05) is 19.2 Å². The molecule has 1 heterocycles. The maximum absolute atomic E-state index is 11.1. The van der Waals surface area contributed by atoms with Gasteiger partial charge in [-0.1, -0.05) is 6.42 Å². The smallest absolute Gasteiger partial charge is 0.305 e. The molecule has 1 aromatic heterocycles. The van der Waals surface area contributed by atoms with E-state index in [4.69, 9.17) is 16.2 Å². The lowest BCUT2D eigenvalue weighted by molar-refractivity contribution is -0.143. The number of esters is 1. The summed E-state index contributed by atoms with van der Waals surface area (Å²) in [6.45, 7) is 2.85. The Labute approximate surface area is 111 Å². The summed E-state index contributed by atoms with van der Waals surface area (Å²) >= 11 is 0. The second-order valence-corrected chi connectivity index (χ2v) is 4.18. The number of rotatable bonds is 8. The highest BCUT2D eigenvalue weighted by atomic mass is 16.5. The summed E-state index contributed by atoms with van der Waals surface area (Å²) in [5, 5.41) is 4.00. The molecule has 0 spiro atoms. The van der Waals surface area contributed by atoms with Crippen LogP contribution in [0.15, 0.2) is 6.20 Å². The van der Waals surface area contributed by atoms with Gasteiger partial charge < -0.3 is 16.2 Å². The second kappa shape index (κ2) is 7.40. The fraction of sp³-hybridized carbons (Fsp3) is 0.583.